The van der Waals surface area contributed by atoms with Crippen LogP contribution in [0.1, 0.15) is 13.3 Å². The summed E-state index contributed by atoms with van der Waals surface area (Å²) in [6.07, 6.45) is 0.491. The number of anilines is 1. The van der Waals surface area contributed by atoms with E-state index in [-0.39, 0.29) is 12.6 Å². The predicted octanol–water partition coefficient (Wildman–Crippen LogP) is 2.02. The first-order chi connectivity index (χ1) is 8.51. The predicted molar refractivity (Wildman–Crippen MR) is 67.4 cm³/mol. The molecule has 0 aromatic heterocycles. The number of hydrogen-bond donors (Lipinski definition) is 2. The third-order valence-corrected chi connectivity index (χ3v) is 3.30. The number of carbonyl (C=O) groups is 2. The first-order valence-corrected chi connectivity index (χ1v) is 5.86. The Morgan fingerprint density at radius 2 is 2.00 bits per heavy atom. The van der Waals surface area contributed by atoms with Gasteiger partial charge in [-0.1, -0.05) is 18.2 Å². The summed E-state index contributed by atoms with van der Waals surface area (Å²) >= 11 is 0. The van der Waals surface area contributed by atoms with Gasteiger partial charge in [-0.25, -0.2) is 4.79 Å². The van der Waals surface area contributed by atoms with Crippen LogP contribution in [0.3, 0.4) is 0 Å². The smallest absolute Gasteiger partial charge is 0.321 e. The molecule has 1 atom stereocenters. The molecule has 1 unspecified atom stereocenters. The van der Waals surface area contributed by atoms with Crippen LogP contribution in [0.2, 0.25) is 0 Å². The number of carboxylic acids is 1. The molecule has 1 aliphatic heterocycles. The van der Waals surface area contributed by atoms with E-state index in [1.54, 1.807) is 24.0 Å². The van der Waals surface area contributed by atoms with Gasteiger partial charge in [0.15, 0.2) is 0 Å². The zero-order chi connectivity index (χ0) is 13.2. The van der Waals surface area contributed by atoms with Crippen LogP contribution >= 0.6 is 0 Å². The summed E-state index contributed by atoms with van der Waals surface area (Å²) in [6.45, 7) is 2.40. The van der Waals surface area contributed by atoms with Gasteiger partial charge in [-0.15, -0.1) is 0 Å². The highest BCUT2D eigenvalue weighted by atomic mass is 16.4. The van der Waals surface area contributed by atoms with Crippen molar-refractivity contribution in [2.24, 2.45) is 5.41 Å². The normalized spacial score (nSPS) is 22.8. The topological polar surface area (TPSA) is 69.6 Å². The molecule has 1 aromatic rings. The number of likely N-dealkylation sites (tertiary alicyclic amines) is 1. The quantitative estimate of drug-likeness (QED) is 0.841. The molecule has 96 valence electrons. The summed E-state index contributed by atoms with van der Waals surface area (Å²) in [5.74, 6) is -0.850. The van der Waals surface area contributed by atoms with Crippen LogP contribution < -0.4 is 5.32 Å². The van der Waals surface area contributed by atoms with Crippen molar-refractivity contribution in [1.29, 1.82) is 0 Å². The molecule has 0 bridgehead atoms. The summed E-state index contributed by atoms with van der Waals surface area (Å²) in [5, 5.41) is 11.9. The first kappa shape index (κ1) is 12.4. The van der Waals surface area contributed by atoms with Crippen molar-refractivity contribution < 1.29 is 14.7 Å². The minimum Gasteiger partial charge on any atom is -0.481 e. The number of carbonyl (C=O) groups excluding carboxylic acids is 1. The number of aliphatic carboxylic acids is 1. The highest BCUT2D eigenvalue weighted by Crippen LogP contribution is 2.30. The van der Waals surface area contributed by atoms with Crippen molar-refractivity contribution in [1.82, 2.24) is 4.90 Å². The van der Waals surface area contributed by atoms with E-state index in [9.17, 15) is 9.59 Å². The number of carboxylic acid groups (broad SMARTS) is 1. The van der Waals surface area contributed by atoms with Crippen molar-refractivity contribution in [2.75, 3.05) is 18.4 Å². The SMILES string of the molecule is CC1(C(=O)O)CCN(C(=O)Nc2ccccc2)C1. The number of hydrogen-bond acceptors (Lipinski definition) is 2. The average molecular weight is 248 g/mol. The van der Waals surface area contributed by atoms with Gasteiger partial charge < -0.3 is 15.3 Å². The van der Waals surface area contributed by atoms with Gasteiger partial charge in [0, 0.05) is 18.8 Å². The van der Waals surface area contributed by atoms with Crippen molar-refractivity contribution in [3.8, 4) is 0 Å². The Hall–Kier alpha value is -2.04. The number of benzene rings is 1. The number of para-hydroxylation sites is 1. The molecule has 18 heavy (non-hydrogen) atoms. The second kappa shape index (κ2) is 4.68. The summed E-state index contributed by atoms with van der Waals surface area (Å²) in [5.41, 5.74) is -0.111. The summed E-state index contributed by atoms with van der Waals surface area (Å²) in [6, 6.07) is 8.88. The lowest BCUT2D eigenvalue weighted by Crippen LogP contribution is -2.37. The molecule has 2 N–H and O–H groups in total. The molecule has 0 saturated carbocycles. The Morgan fingerprint density at radius 3 is 2.56 bits per heavy atom. The molecule has 0 spiro atoms. The van der Waals surface area contributed by atoms with Gasteiger partial charge in [0.25, 0.3) is 0 Å². The van der Waals surface area contributed by atoms with Crippen molar-refractivity contribution in [3.63, 3.8) is 0 Å². The van der Waals surface area contributed by atoms with E-state index in [0.29, 0.717) is 18.7 Å². The number of nitrogens with zero attached hydrogens (tertiary/aromatic N) is 1. The Balaban J connectivity index is 1.98. The molecule has 5 nitrogen and oxygen atoms in total. The maximum absolute atomic E-state index is 11.9. The van der Waals surface area contributed by atoms with Crippen LogP contribution in [0.25, 0.3) is 0 Å². The molecular formula is C13H16N2O3. The zero-order valence-corrected chi connectivity index (χ0v) is 10.2. The lowest BCUT2D eigenvalue weighted by Gasteiger charge is -2.20. The number of amides is 2. The monoisotopic (exact) mass is 248 g/mol. The Kier molecular flexibility index (Phi) is 3.23. The molecule has 1 aromatic carbocycles. The molecule has 1 heterocycles. The highest BCUT2D eigenvalue weighted by molar-refractivity contribution is 5.90. The van der Waals surface area contributed by atoms with Gasteiger partial charge in [0.1, 0.15) is 0 Å². The first-order valence-electron chi connectivity index (χ1n) is 5.86. The number of urea groups is 1. The third-order valence-electron chi connectivity index (χ3n) is 3.30. The van der Waals surface area contributed by atoms with E-state index in [4.69, 9.17) is 5.11 Å². The molecule has 2 amide bonds. The maximum Gasteiger partial charge on any atom is 0.321 e. The number of rotatable bonds is 2. The Labute approximate surface area is 105 Å². The Morgan fingerprint density at radius 1 is 1.33 bits per heavy atom. The van der Waals surface area contributed by atoms with Gasteiger partial charge in [-0.2, -0.15) is 0 Å². The molecule has 2 rings (SSSR count). The Bertz CT molecular complexity index is 461. The van der Waals surface area contributed by atoms with Crippen molar-refractivity contribution >= 4 is 17.7 Å². The van der Waals surface area contributed by atoms with E-state index < -0.39 is 11.4 Å². The third kappa shape index (κ3) is 2.45. The second-order valence-electron chi connectivity index (χ2n) is 4.83. The summed E-state index contributed by atoms with van der Waals surface area (Å²) < 4.78 is 0. The van der Waals surface area contributed by atoms with Gasteiger partial charge in [-0.05, 0) is 25.5 Å². The van der Waals surface area contributed by atoms with Crippen LogP contribution in [-0.2, 0) is 4.79 Å². The largest absolute Gasteiger partial charge is 0.481 e. The van der Waals surface area contributed by atoms with Gasteiger partial charge in [-0.3, -0.25) is 4.79 Å². The van der Waals surface area contributed by atoms with E-state index in [1.807, 2.05) is 18.2 Å². The van der Waals surface area contributed by atoms with Gasteiger partial charge in [0.2, 0.25) is 0 Å². The van der Waals surface area contributed by atoms with Crippen molar-refractivity contribution in [3.05, 3.63) is 30.3 Å². The van der Waals surface area contributed by atoms with Crippen LogP contribution in [-0.4, -0.2) is 35.1 Å². The van der Waals surface area contributed by atoms with Crippen LogP contribution in [0.5, 0.6) is 0 Å². The molecule has 0 aliphatic carbocycles. The fraction of sp³-hybridized carbons (Fsp3) is 0.385. The average Bonchev–Trinajstić information content (AvgIpc) is 2.75. The molecular weight excluding hydrogens is 232 g/mol. The maximum atomic E-state index is 11.9. The van der Waals surface area contributed by atoms with Gasteiger partial charge >= 0.3 is 12.0 Å². The molecule has 1 aliphatic rings. The standard InChI is InChI=1S/C13H16N2O3/c1-13(11(16)17)7-8-15(9-13)12(18)14-10-5-3-2-4-6-10/h2-6H,7-9H2,1H3,(H,14,18)(H,16,17). The molecule has 1 fully saturated rings. The van der Waals surface area contributed by atoms with E-state index in [0.717, 1.165) is 0 Å². The van der Waals surface area contributed by atoms with Crippen molar-refractivity contribution in [2.45, 2.75) is 13.3 Å². The fourth-order valence-electron chi connectivity index (χ4n) is 2.03. The zero-order valence-electron chi connectivity index (χ0n) is 10.2. The van der Waals surface area contributed by atoms with Gasteiger partial charge in [0.05, 0.1) is 5.41 Å². The van der Waals surface area contributed by atoms with E-state index in [2.05, 4.69) is 5.32 Å². The lowest BCUT2D eigenvalue weighted by molar-refractivity contribution is -0.146. The van der Waals surface area contributed by atoms with Crippen LogP contribution in [0.15, 0.2) is 30.3 Å². The number of nitrogens with one attached hydrogen (secondary N) is 1. The molecule has 5 heteroatoms. The van der Waals surface area contributed by atoms with E-state index in [1.165, 1.54) is 0 Å². The highest BCUT2D eigenvalue weighted by Gasteiger charge is 2.42. The minimum absolute atomic E-state index is 0.244. The van der Waals surface area contributed by atoms with E-state index >= 15 is 0 Å². The summed E-state index contributed by atoms with van der Waals surface area (Å²) in [4.78, 5) is 24.6. The summed E-state index contributed by atoms with van der Waals surface area (Å²) in [7, 11) is 0. The fourth-order valence-corrected chi connectivity index (χ4v) is 2.03. The molecule has 0 radical (unpaired) electrons. The lowest BCUT2D eigenvalue weighted by atomic mass is 9.90. The van der Waals surface area contributed by atoms with Crippen LogP contribution in [0.4, 0.5) is 10.5 Å². The second-order valence-corrected chi connectivity index (χ2v) is 4.83. The van der Waals surface area contributed by atoms with Crippen LogP contribution in [0, 0.1) is 5.41 Å². The molecule has 1 saturated heterocycles. The minimum atomic E-state index is -0.850.